The van der Waals surface area contributed by atoms with Crippen molar-refractivity contribution in [3.63, 3.8) is 0 Å². The number of esters is 1. The van der Waals surface area contributed by atoms with Crippen LogP contribution in [0.5, 0.6) is 0 Å². The maximum atomic E-state index is 11.2. The van der Waals surface area contributed by atoms with Crippen LogP contribution < -0.4 is 11.1 Å². The number of pyridine rings is 1. The molecule has 1 aromatic rings. The van der Waals surface area contributed by atoms with Crippen LogP contribution in [0.4, 0.5) is 11.5 Å². The molecule has 0 radical (unpaired) electrons. The minimum atomic E-state index is -0.455. The Hall–Kier alpha value is -1.78. The molecule has 0 aliphatic heterocycles. The van der Waals surface area contributed by atoms with Gasteiger partial charge in [0.1, 0.15) is 5.82 Å². The number of nitrogens with one attached hydrogen (secondary N) is 1. The molecule has 1 aromatic heterocycles. The summed E-state index contributed by atoms with van der Waals surface area (Å²) in [6, 6.07) is 1.57. The van der Waals surface area contributed by atoms with Crippen molar-refractivity contribution in [2.24, 2.45) is 0 Å². The summed E-state index contributed by atoms with van der Waals surface area (Å²) in [6.45, 7) is 2.67. The largest absolute Gasteiger partial charge is 0.465 e. The molecule has 1 rings (SSSR count). The Morgan fingerprint density at radius 2 is 2.43 bits per heavy atom. The zero-order valence-electron chi connectivity index (χ0n) is 8.20. The van der Waals surface area contributed by atoms with Gasteiger partial charge in [-0.3, -0.25) is 0 Å². The SMILES string of the molecule is CCNc1cc(C(=O)OC)c(N)cn1. The second-order valence-electron chi connectivity index (χ2n) is 2.68. The number of nitrogen functional groups attached to an aromatic ring is 1. The maximum Gasteiger partial charge on any atom is 0.340 e. The van der Waals surface area contributed by atoms with Crippen LogP contribution in [-0.4, -0.2) is 24.6 Å². The maximum absolute atomic E-state index is 11.2. The first-order valence-corrected chi connectivity index (χ1v) is 4.26. The number of anilines is 2. The topological polar surface area (TPSA) is 77.2 Å². The number of aromatic nitrogens is 1. The number of hydrogen-bond acceptors (Lipinski definition) is 5. The molecule has 14 heavy (non-hydrogen) atoms. The normalized spacial score (nSPS) is 9.57. The third kappa shape index (κ3) is 2.12. The Labute approximate surface area is 82.3 Å². The number of rotatable bonds is 3. The van der Waals surface area contributed by atoms with Crippen molar-refractivity contribution in [2.45, 2.75) is 6.92 Å². The Bertz CT molecular complexity index is 339. The highest BCUT2D eigenvalue weighted by Gasteiger charge is 2.10. The fourth-order valence-electron chi connectivity index (χ4n) is 1.03. The standard InChI is InChI=1S/C9H13N3O2/c1-3-11-8-4-6(9(13)14-2)7(10)5-12-8/h4-5H,3,10H2,1-2H3,(H,11,12). The molecule has 0 bridgehead atoms. The molecule has 0 aromatic carbocycles. The number of carbonyl (C=O) groups excluding carboxylic acids is 1. The van der Waals surface area contributed by atoms with Gasteiger partial charge in [-0.25, -0.2) is 9.78 Å². The fraction of sp³-hybridized carbons (Fsp3) is 0.333. The molecule has 5 nitrogen and oxygen atoms in total. The minimum absolute atomic E-state index is 0.318. The number of ether oxygens (including phenoxy) is 1. The molecule has 0 fully saturated rings. The Kier molecular flexibility index (Phi) is 3.28. The molecule has 0 atom stereocenters. The summed E-state index contributed by atoms with van der Waals surface area (Å²) in [5.74, 6) is 0.158. The third-order valence-corrected chi connectivity index (χ3v) is 1.70. The fourth-order valence-corrected chi connectivity index (χ4v) is 1.03. The predicted octanol–water partition coefficient (Wildman–Crippen LogP) is 0.882. The highest BCUT2D eigenvalue weighted by molar-refractivity contribution is 5.95. The lowest BCUT2D eigenvalue weighted by molar-refractivity contribution is 0.0602. The van der Waals surface area contributed by atoms with Gasteiger partial charge >= 0.3 is 5.97 Å². The van der Waals surface area contributed by atoms with Crippen LogP contribution in [0.1, 0.15) is 17.3 Å². The van der Waals surface area contributed by atoms with Crippen LogP contribution in [0.3, 0.4) is 0 Å². The van der Waals surface area contributed by atoms with E-state index in [1.54, 1.807) is 6.07 Å². The lowest BCUT2D eigenvalue weighted by Gasteiger charge is -2.06. The van der Waals surface area contributed by atoms with Gasteiger partial charge in [0.25, 0.3) is 0 Å². The lowest BCUT2D eigenvalue weighted by atomic mass is 10.2. The van der Waals surface area contributed by atoms with E-state index in [1.807, 2.05) is 6.92 Å². The van der Waals surface area contributed by atoms with Crippen molar-refractivity contribution < 1.29 is 9.53 Å². The van der Waals surface area contributed by atoms with E-state index in [0.29, 0.717) is 17.1 Å². The van der Waals surface area contributed by atoms with Crippen molar-refractivity contribution in [3.8, 4) is 0 Å². The molecule has 0 aliphatic rings. The first-order chi connectivity index (χ1) is 6.69. The van der Waals surface area contributed by atoms with E-state index in [4.69, 9.17) is 5.73 Å². The minimum Gasteiger partial charge on any atom is -0.465 e. The number of nitrogens with zero attached hydrogens (tertiary/aromatic N) is 1. The van der Waals surface area contributed by atoms with Gasteiger partial charge in [-0.1, -0.05) is 0 Å². The molecule has 3 N–H and O–H groups in total. The zero-order chi connectivity index (χ0) is 10.6. The summed E-state index contributed by atoms with van der Waals surface area (Å²) < 4.78 is 4.58. The van der Waals surface area contributed by atoms with Gasteiger partial charge in [-0.05, 0) is 13.0 Å². The lowest BCUT2D eigenvalue weighted by Crippen LogP contribution is -2.08. The van der Waals surface area contributed by atoms with E-state index in [1.165, 1.54) is 13.3 Å². The molecule has 5 heteroatoms. The van der Waals surface area contributed by atoms with E-state index in [0.717, 1.165) is 6.54 Å². The summed E-state index contributed by atoms with van der Waals surface area (Å²) in [5.41, 5.74) is 6.22. The van der Waals surface area contributed by atoms with Gasteiger partial charge in [0, 0.05) is 6.54 Å². The van der Waals surface area contributed by atoms with Crippen LogP contribution in [0.25, 0.3) is 0 Å². The van der Waals surface area contributed by atoms with Crippen LogP contribution in [0, 0.1) is 0 Å². The van der Waals surface area contributed by atoms with E-state index in [2.05, 4.69) is 15.0 Å². The van der Waals surface area contributed by atoms with E-state index >= 15 is 0 Å². The molecular weight excluding hydrogens is 182 g/mol. The Morgan fingerprint density at radius 1 is 1.71 bits per heavy atom. The molecule has 0 unspecified atom stereocenters. The number of nitrogens with two attached hydrogens (primary N) is 1. The number of hydrogen-bond donors (Lipinski definition) is 2. The quantitative estimate of drug-likeness (QED) is 0.700. The highest BCUT2D eigenvalue weighted by Crippen LogP contribution is 2.15. The number of methoxy groups -OCH3 is 1. The summed E-state index contributed by atoms with van der Waals surface area (Å²) in [7, 11) is 1.31. The average molecular weight is 195 g/mol. The average Bonchev–Trinajstić information content (AvgIpc) is 2.20. The Balaban J connectivity index is 3.01. The van der Waals surface area contributed by atoms with Crippen molar-refractivity contribution in [1.29, 1.82) is 0 Å². The van der Waals surface area contributed by atoms with Crippen LogP contribution in [0.15, 0.2) is 12.3 Å². The smallest absolute Gasteiger partial charge is 0.340 e. The first-order valence-electron chi connectivity index (χ1n) is 4.26. The van der Waals surface area contributed by atoms with E-state index in [-0.39, 0.29) is 0 Å². The molecule has 0 amide bonds. The van der Waals surface area contributed by atoms with E-state index < -0.39 is 5.97 Å². The van der Waals surface area contributed by atoms with Crippen molar-refractivity contribution in [2.75, 3.05) is 24.7 Å². The van der Waals surface area contributed by atoms with Crippen molar-refractivity contribution in [1.82, 2.24) is 4.98 Å². The second kappa shape index (κ2) is 4.45. The summed E-state index contributed by atoms with van der Waals surface area (Å²) in [5, 5.41) is 2.98. The van der Waals surface area contributed by atoms with Gasteiger partial charge in [-0.15, -0.1) is 0 Å². The first kappa shape index (κ1) is 10.3. The molecule has 0 spiro atoms. The predicted molar refractivity (Wildman–Crippen MR) is 54.2 cm³/mol. The molecule has 1 heterocycles. The molecule has 76 valence electrons. The number of carbonyl (C=O) groups is 1. The van der Waals surface area contributed by atoms with Crippen molar-refractivity contribution >= 4 is 17.5 Å². The van der Waals surface area contributed by atoms with Crippen LogP contribution in [-0.2, 0) is 4.74 Å². The zero-order valence-corrected chi connectivity index (χ0v) is 8.20. The summed E-state index contributed by atoms with van der Waals surface area (Å²) >= 11 is 0. The van der Waals surface area contributed by atoms with Crippen LogP contribution in [0.2, 0.25) is 0 Å². The van der Waals surface area contributed by atoms with Crippen LogP contribution >= 0.6 is 0 Å². The molecular formula is C9H13N3O2. The van der Waals surface area contributed by atoms with E-state index in [9.17, 15) is 4.79 Å². The molecule has 0 aliphatic carbocycles. The molecule has 0 saturated carbocycles. The summed E-state index contributed by atoms with van der Waals surface area (Å²) in [4.78, 5) is 15.2. The monoisotopic (exact) mass is 195 g/mol. The Morgan fingerprint density at radius 3 is 3.00 bits per heavy atom. The molecule has 0 saturated heterocycles. The van der Waals surface area contributed by atoms with Gasteiger partial charge in [0.15, 0.2) is 0 Å². The van der Waals surface area contributed by atoms with Crippen molar-refractivity contribution in [3.05, 3.63) is 17.8 Å². The van der Waals surface area contributed by atoms with Gasteiger partial charge in [-0.2, -0.15) is 0 Å². The highest BCUT2D eigenvalue weighted by atomic mass is 16.5. The second-order valence-corrected chi connectivity index (χ2v) is 2.68. The van der Waals surface area contributed by atoms with Gasteiger partial charge < -0.3 is 15.8 Å². The van der Waals surface area contributed by atoms with Gasteiger partial charge in [0.2, 0.25) is 0 Å². The third-order valence-electron chi connectivity index (χ3n) is 1.70. The van der Waals surface area contributed by atoms with Gasteiger partial charge in [0.05, 0.1) is 24.6 Å². The summed E-state index contributed by atoms with van der Waals surface area (Å²) in [6.07, 6.45) is 1.43.